The Morgan fingerprint density at radius 1 is 1.17 bits per heavy atom. The lowest BCUT2D eigenvalue weighted by atomic mass is 10.0. The van der Waals surface area contributed by atoms with Crippen LogP contribution in [0, 0.1) is 5.82 Å². The van der Waals surface area contributed by atoms with Crippen molar-refractivity contribution in [2.45, 2.75) is 31.5 Å². The molecule has 0 aliphatic heterocycles. The summed E-state index contributed by atoms with van der Waals surface area (Å²) in [5, 5.41) is 3.06. The number of nitrogens with zero attached hydrogens (tertiary/aromatic N) is 1. The zero-order chi connectivity index (χ0) is 16.2. The number of hydrogen-bond acceptors (Lipinski definition) is 2. The van der Waals surface area contributed by atoms with Gasteiger partial charge in [0.05, 0.1) is 0 Å². The summed E-state index contributed by atoms with van der Waals surface area (Å²) >= 11 is 0. The number of halogens is 1. The molecular formula is C19H21FN2O. The number of carbonyl (C=O) groups excluding carboxylic acids is 1. The van der Waals surface area contributed by atoms with Gasteiger partial charge in [-0.05, 0) is 31.5 Å². The molecule has 0 bridgehead atoms. The second-order valence-corrected chi connectivity index (χ2v) is 6.10. The normalized spacial score (nSPS) is 15.4. The van der Waals surface area contributed by atoms with Crippen LogP contribution >= 0.6 is 0 Å². The van der Waals surface area contributed by atoms with E-state index in [1.807, 2.05) is 48.3 Å². The Balaban J connectivity index is 1.81. The van der Waals surface area contributed by atoms with Crippen LogP contribution in [0.15, 0.2) is 54.6 Å². The van der Waals surface area contributed by atoms with Gasteiger partial charge in [0, 0.05) is 18.2 Å². The average Bonchev–Trinajstić information content (AvgIpc) is 3.35. The zero-order valence-electron chi connectivity index (χ0n) is 13.2. The molecule has 120 valence electrons. The van der Waals surface area contributed by atoms with Gasteiger partial charge in [-0.25, -0.2) is 4.39 Å². The highest BCUT2D eigenvalue weighted by atomic mass is 19.1. The van der Waals surface area contributed by atoms with E-state index >= 15 is 0 Å². The van der Waals surface area contributed by atoms with E-state index in [9.17, 15) is 9.18 Å². The number of nitrogens with one attached hydrogen (secondary N) is 1. The second kappa shape index (κ2) is 6.92. The highest BCUT2D eigenvalue weighted by Crippen LogP contribution is 2.25. The molecule has 2 aromatic carbocycles. The van der Waals surface area contributed by atoms with E-state index in [0.29, 0.717) is 18.2 Å². The van der Waals surface area contributed by atoms with Crippen molar-refractivity contribution < 1.29 is 9.18 Å². The van der Waals surface area contributed by atoms with Crippen LogP contribution in [0.1, 0.15) is 30.0 Å². The number of amides is 1. The second-order valence-electron chi connectivity index (χ2n) is 6.10. The summed E-state index contributed by atoms with van der Waals surface area (Å²) in [4.78, 5) is 14.6. The van der Waals surface area contributed by atoms with Gasteiger partial charge in [-0.1, -0.05) is 48.5 Å². The molecule has 0 unspecified atom stereocenters. The molecule has 0 spiro atoms. The molecule has 1 aliphatic rings. The van der Waals surface area contributed by atoms with Crippen LogP contribution in [0.2, 0.25) is 0 Å². The van der Waals surface area contributed by atoms with Crippen molar-refractivity contribution in [2.24, 2.45) is 0 Å². The van der Waals surface area contributed by atoms with E-state index in [2.05, 4.69) is 5.32 Å². The van der Waals surface area contributed by atoms with Crippen molar-refractivity contribution in [3.05, 3.63) is 71.5 Å². The van der Waals surface area contributed by atoms with Crippen LogP contribution in [0.5, 0.6) is 0 Å². The Hall–Kier alpha value is -2.20. The third-order valence-electron chi connectivity index (χ3n) is 4.11. The van der Waals surface area contributed by atoms with Crippen molar-refractivity contribution in [3.8, 4) is 0 Å². The molecule has 1 atom stereocenters. The minimum atomic E-state index is -0.420. The Kier molecular flexibility index (Phi) is 4.72. The van der Waals surface area contributed by atoms with Crippen molar-refractivity contribution in [3.63, 3.8) is 0 Å². The molecule has 0 heterocycles. The summed E-state index contributed by atoms with van der Waals surface area (Å²) in [5.74, 6) is -0.258. The van der Waals surface area contributed by atoms with Crippen LogP contribution in [0.4, 0.5) is 4.39 Å². The van der Waals surface area contributed by atoms with Gasteiger partial charge in [0.1, 0.15) is 11.9 Å². The molecule has 0 radical (unpaired) electrons. The predicted molar refractivity (Wildman–Crippen MR) is 88.2 cm³/mol. The van der Waals surface area contributed by atoms with Crippen LogP contribution in [0.25, 0.3) is 0 Å². The lowest BCUT2D eigenvalue weighted by Gasteiger charge is -2.28. The summed E-state index contributed by atoms with van der Waals surface area (Å²) in [5.41, 5.74) is 1.51. The quantitative estimate of drug-likeness (QED) is 0.888. The van der Waals surface area contributed by atoms with Crippen LogP contribution in [0.3, 0.4) is 0 Å². The maximum absolute atomic E-state index is 13.9. The number of carbonyl (C=O) groups is 1. The molecule has 3 nitrogen and oxygen atoms in total. The standard InChI is InChI=1S/C19H21FN2O/c1-22(13-15-9-5-6-10-17(15)20)18(14-7-3-2-4-8-14)19(23)21-16-11-12-16/h2-10,16,18H,11-13H2,1H3,(H,21,23)/t18-/m0/s1. The smallest absolute Gasteiger partial charge is 0.242 e. The fourth-order valence-corrected chi connectivity index (χ4v) is 2.74. The van der Waals surface area contributed by atoms with Gasteiger partial charge in [0.2, 0.25) is 5.91 Å². The SMILES string of the molecule is CN(Cc1ccccc1F)[C@H](C(=O)NC1CC1)c1ccccc1. The maximum atomic E-state index is 13.9. The Bertz CT molecular complexity index is 670. The highest BCUT2D eigenvalue weighted by molar-refractivity contribution is 5.83. The average molecular weight is 312 g/mol. The Morgan fingerprint density at radius 3 is 2.48 bits per heavy atom. The third kappa shape index (κ3) is 3.96. The van der Waals surface area contributed by atoms with Gasteiger partial charge in [-0.2, -0.15) is 0 Å². The first-order chi connectivity index (χ1) is 11.1. The van der Waals surface area contributed by atoms with Gasteiger partial charge in [0.25, 0.3) is 0 Å². The van der Waals surface area contributed by atoms with E-state index in [4.69, 9.17) is 0 Å². The molecule has 3 rings (SSSR count). The first-order valence-electron chi connectivity index (χ1n) is 7.94. The fraction of sp³-hybridized carbons (Fsp3) is 0.316. The molecule has 1 amide bonds. The maximum Gasteiger partial charge on any atom is 0.242 e. The lowest BCUT2D eigenvalue weighted by molar-refractivity contribution is -0.126. The topological polar surface area (TPSA) is 32.3 Å². The molecule has 0 aromatic heterocycles. The largest absolute Gasteiger partial charge is 0.352 e. The molecule has 1 saturated carbocycles. The van der Waals surface area contributed by atoms with E-state index < -0.39 is 6.04 Å². The first kappa shape index (κ1) is 15.7. The van der Waals surface area contributed by atoms with Crippen molar-refractivity contribution in [1.29, 1.82) is 0 Å². The van der Waals surface area contributed by atoms with Gasteiger partial charge < -0.3 is 5.32 Å². The minimum Gasteiger partial charge on any atom is -0.352 e. The fourth-order valence-electron chi connectivity index (χ4n) is 2.74. The molecule has 1 fully saturated rings. The first-order valence-corrected chi connectivity index (χ1v) is 7.94. The molecule has 0 saturated heterocycles. The highest BCUT2D eigenvalue weighted by Gasteiger charge is 2.30. The van der Waals surface area contributed by atoms with Gasteiger partial charge in [0.15, 0.2) is 0 Å². The lowest BCUT2D eigenvalue weighted by Crippen LogP contribution is -2.39. The Labute approximate surface area is 136 Å². The van der Waals surface area contributed by atoms with E-state index in [0.717, 1.165) is 18.4 Å². The van der Waals surface area contributed by atoms with Crippen LogP contribution in [-0.2, 0) is 11.3 Å². The van der Waals surface area contributed by atoms with E-state index in [1.54, 1.807) is 12.1 Å². The van der Waals surface area contributed by atoms with Crippen LogP contribution < -0.4 is 5.32 Å². The predicted octanol–water partition coefficient (Wildman–Crippen LogP) is 3.28. The molecule has 1 aliphatic carbocycles. The summed E-state index contributed by atoms with van der Waals surface area (Å²) in [6, 6.07) is 16.2. The monoisotopic (exact) mass is 312 g/mol. The molecule has 2 aromatic rings. The van der Waals surface area contributed by atoms with Crippen molar-refractivity contribution >= 4 is 5.91 Å². The number of hydrogen-bond donors (Lipinski definition) is 1. The van der Waals surface area contributed by atoms with E-state index in [1.165, 1.54) is 6.07 Å². The molecule has 23 heavy (non-hydrogen) atoms. The zero-order valence-corrected chi connectivity index (χ0v) is 13.2. The third-order valence-corrected chi connectivity index (χ3v) is 4.11. The van der Waals surface area contributed by atoms with Gasteiger partial charge in [-0.3, -0.25) is 9.69 Å². The van der Waals surface area contributed by atoms with Gasteiger partial charge in [-0.15, -0.1) is 0 Å². The molecule has 4 heteroatoms. The number of rotatable bonds is 6. The number of benzene rings is 2. The summed E-state index contributed by atoms with van der Waals surface area (Å²) in [6.45, 7) is 0.379. The summed E-state index contributed by atoms with van der Waals surface area (Å²) in [7, 11) is 1.86. The summed E-state index contributed by atoms with van der Waals surface area (Å²) < 4.78 is 13.9. The minimum absolute atomic E-state index is 0.0162. The Morgan fingerprint density at radius 2 is 1.83 bits per heavy atom. The van der Waals surface area contributed by atoms with Crippen molar-refractivity contribution in [1.82, 2.24) is 10.2 Å². The van der Waals surface area contributed by atoms with Crippen LogP contribution in [-0.4, -0.2) is 23.9 Å². The van der Waals surface area contributed by atoms with E-state index in [-0.39, 0.29) is 11.7 Å². The molecular weight excluding hydrogens is 291 g/mol. The number of likely N-dealkylation sites (N-methyl/N-ethyl adjacent to an activating group) is 1. The summed E-state index contributed by atoms with van der Waals surface area (Å²) in [6.07, 6.45) is 2.09. The van der Waals surface area contributed by atoms with Gasteiger partial charge >= 0.3 is 0 Å². The molecule has 1 N–H and O–H groups in total. The van der Waals surface area contributed by atoms with Crippen molar-refractivity contribution in [2.75, 3.05) is 7.05 Å².